The second-order valence-electron chi connectivity index (χ2n) is 1.32. The van der Waals surface area contributed by atoms with Crippen LogP contribution in [0.5, 0.6) is 0 Å². The molecule has 0 aromatic heterocycles. The molecule has 0 bridgehead atoms. The van der Waals surface area contributed by atoms with Crippen LogP contribution >= 0.6 is 11.8 Å². The predicted molar refractivity (Wildman–Crippen MR) is 31.3 cm³/mol. The molecule has 1 aliphatic heterocycles. The van der Waals surface area contributed by atoms with Gasteiger partial charge in [-0.25, -0.2) is 4.79 Å². The first-order valence-electron chi connectivity index (χ1n) is 2.09. The minimum atomic E-state index is -0.880. The Labute approximate surface area is 50.8 Å². The molecule has 8 heavy (non-hydrogen) atoms. The zero-order valence-corrected chi connectivity index (χ0v) is 4.86. The summed E-state index contributed by atoms with van der Waals surface area (Å²) in [5, 5.41) is 12.5. The Kier molecular flexibility index (Phi) is 1.43. The maximum absolute atomic E-state index is 10.1. The molecular formula is C4H5NO2S. The lowest BCUT2D eigenvalue weighted by molar-refractivity contribution is -0.132. The van der Waals surface area contributed by atoms with E-state index in [2.05, 4.69) is 5.32 Å². The molecule has 0 saturated heterocycles. The van der Waals surface area contributed by atoms with Crippen LogP contribution in [0, 0.1) is 0 Å². The van der Waals surface area contributed by atoms with Crippen LogP contribution in [0.25, 0.3) is 0 Å². The molecule has 4 heteroatoms. The molecule has 0 aromatic carbocycles. The van der Waals surface area contributed by atoms with Gasteiger partial charge in [0.15, 0.2) is 0 Å². The van der Waals surface area contributed by atoms with E-state index in [1.165, 1.54) is 11.8 Å². The van der Waals surface area contributed by atoms with Crippen molar-refractivity contribution in [2.45, 2.75) is 0 Å². The summed E-state index contributed by atoms with van der Waals surface area (Å²) in [6.07, 6.45) is 0. The second kappa shape index (κ2) is 2.09. The molecule has 1 rings (SSSR count). The Balaban J connectivity index is 2.57. The van der Waals surface area contributed by atoms with E-state index >= 15 is 0 Å². The number of hydrogen-bond acceptors (Lipinski definition) is 3. The maximum atomic E-state index is 10.1. The Morgan fingerprint density at radius 3 is 3.00 bits per heavy atom. The van der Waals surface area contributed by atoms with Crippen molar-refractivity contribution >= 4 is 17.7 Å². The van der Waals surface area contributed by atoms with Crippen LogP contribution < -0.4 is 5.32 Å². The summed E-state index contributed by atoms with van der Waals surface area (Å²) >= 11 is 1.46. The van der Waals surface area contributed by atoms with Gasteiger partial charge in [0.2, 0.25) is 0 Å². The zero-order chi connectivity index (χ0) is 5.98. The summed E-state index contributed by atoms with van der Waals surface area (Å²) in [6, 6.07) is 0. The highest BCUT2D eigenvalue weighted by molar-refractivity contribution is 8.02. The van der Waals surface area contributed by atoms with Crippen LogP contribution in [0.4, 0.5) is 0 Å². The lowest BCUT2D eigenvalue weighted by atomic mass is 10.5. The number of hydrogen-bond donors (Lipinski definition) is 2. The number of carbonyl (C=O) groups is 1. The molecule has 0 saturated carbocycles. The number of carboxylic acids is 1. The topological polar surface area (TPSA) is 49.3 Å². The lowest BCUT2D eigenvalue weighted by Gasteiger charge is -1.91. The van der Waals surface area contributed by atoms with Gasteiger partial charge in [-0.15, -0.1) is 11.8 Å². The number of rotatable bonds is 1. The fourth-order valence-corrected chi connectivity index (χ4v) is 1.09. The number of aliphatic carboxylic acids is 1. The zero-order valence-electron chi connectivity index (χ0n) is 4.05. The van der Waals surface area contributed by atoms with Crippen LogP contribution in [0.2, 0.25) is 0 Å². The molecule has 3 nitrogen and oxygen atoms in total. The molecule has 1 heterocycles. The van der Waals surface area contributed by atoms with Crippen molar-refractivity contribution < 1.29 is 9.90 Å². The van der Waals surface area contributed by atoms with Gasteiger partial charge in [-0.1, -0.05) is 0 Å². The van der Waals surface area contributed by atoms with Gasteiger partial charge >= 0.3 is 5.97 Å². The van der Waals surface area contributed by atoms with Crippen LogP contribution in [-0.4, -0.2) is 17.0 Å². The first kappa shape index (κ1) is 5.50. The Morgan fingerprint density at radius 2 is 2.75 bits per heavy atom. The fourth-order valence-electron chi connectivity index (χ4n) is 0.412. The molecule has 0 radical (unpaired) electrons. The van der Waals surface area contributed by atoms with Gasteiger partial charge in [0.05, 0.1) is 5.88 Å². The average molecular weight is 131 g/mol. The molecular weight excluding hydrogens is 126 g/mol. The third-order valence-electron chi connectivity index (χ3n) is 0.778. The van der Waals surface area contributed by atoms with Gasteiger partial charge in [-0.05, 0) is 0 Å². The monoisotopic (exact) mass is 131 g/mol. The minimum Gasteiger partial charge on any atom is -0.477 e. The SMILES string of the molecule is O=C(O)C1=CSCN1. The number of nitrogens with one attached hydrogen (secondary N) is 1. The largest absolute Gasteiger partial charge is 0.477 e. The van der Waals surface area contributed by atoms with Gasteiger partial charge in [0, 0.05) is 5.41 Å². The van der Waals surface area contributed by atoms with E-state index in [1.807, 2.05) is 0 Å². The van der Waals surface area contributed by atoms with Gasteiger partial charge in [-0.3, -0.25) is 0 Å². The van der Waals surface area contributed by atoms with E-state index in [4.69, 9.17) is 5.11 Å². The van der Waals surface area contributed by atoms with Crippen LogP contribution in [0.3, 0.4) is 0 Å². The van der Waals surface area contributed by atoms with Crippen molar-refractivity contribution in [3.05, 3.63) is 11.1 Å². The van der Waals surface area contributed by atoms with Crippen LogP contribution in [0.1, 0.15) is 0 Å². The Hall–Kier alpha value is -0.640. The van der Waals surface area contributed by atoms with Gasteiger partial charge in [0.1, 0.15) is 5.70 Å². The highest BCUT2D eigenvalue weighted by Gasteiger charge is 2.09. The van der Waals surface area contributed by atoms with Crippen molar-refractivity contribution in [3.63, 3.8) is 0 Å². The normalized spacial score (nSPS) is 17.2. The third kappa shape index (κ3) is 0.949. The summed E-state index contributed by atoms with van der Waals surface area (Å²) < 4.78 is 0. The predicted octanol–water partition coefficient (Wildman–Crippen LogP) is 0.206. The smallest absolute Gasteiger partial charge is 0.352 e. The molecule has 2 N–H and O–H groups in total. The minimum absolute atomic E-state index is 0.301. The molecule has 0 atom stereocenters. The van der Waals surface area contributed by atoms with Gasteiger partial charge in [-0.2, -0.15) is 0 Å². The Bertz CT molecular complexity index is 143. The standard InChI is InChI=1S/C4H5NO2S/c6-4(7)3-1-8-2-5-3/h1,5H,2H2,(H,6,7). The summed E-state index contributed by atoms with van der Waals surface area (Å²) in [7, 11) is 0. The fraction of sp³-hybridized carbons (Fsp3) is 0.250. The molecule has 0 aliphatic carbocycles. The second-order valence-corrected chi connectivity index (χ2v) is 2.18. The lowest BCUT2D eigenvalue weighted by Crippen LogP contribution is -2.14. The van der Waals surface area contributed by atoms with E-state index in [0.29, 0.717) is 11.6 Å². The summed E-state index contributed by atoms with van der Waals surface area (Å²) in [5.41, 5.74) is 0.301. The molecule has 0 aromatic rings. The van der Waals surface area contributed by atoms with E-state index in [-0.39, 0.29) is 0 Å². The summed E-state index contributed by atoms with van der Waals surface area (Å²) in [5.74, 6) is -0.197. The molecule has 1 aliphatic rings. The first-order chi connectivity index (χ1) is 3.80. The number of carboxylic acid groups (broad SMARTS) is 1. The quantitative estimate of drug-likeness (QED) is 0.534. The first-order valence-corrected chi connectivity index (χ1v) is 3.14. The summed E-state index contributed by atoms with van der Waals surface area (Å²) in [6.45, 7) is 0. The van der Waals surface area contributed by atoms with E-state index in [0.717, 1.165) is 0 Å². The average Bonchev–Trinajstić information content (AvgIpc) is 2.12. The van der Waals surface area contributed by atoms with E-state index in [9.17, 15) is 4.79 Å². The molecule has 0 amide bonds. The van der Waals surface area contributed by atoms with Gasteiger partial charge < -0.3 is 10.4 Å². The highest BCUT2D eigenvalue weighted by atomic mass is 32.2. The Morgan fingerprint density at radius 1 is 2.00 bits per heavy atom. The van der Waals surface area contributed by atoms with Crippen molar-refractivity contribution in [3.8, 4) is 0 Å². The third-order valence-corrected chi connectivity index (χ3v) is 1.49. The van der Waals surface area contributed by atoms with E-state index < -0.39 is 5.97 Å². The molecule has 0 unspecified atom stereocenters. The van der Waals surface area contributed by atoms with Gasteiger partial charge in [0.25, 0.3) is 0 Å². The van der Waals surface area contributed by atoms with Crippen molar-refractivity contribution in [1.82, 2.24) is 5.32 Å². The van der Waals surface area contributed by atoms with Crippen molar-refractivity contribution in [1.29, 1.82) is 0 Å². The van der Waals surface area contributed by atoms with Crippen molar-refractivity contribution in [2.24, 2.45) is 0 Å². The van der Waals surface area contributed by atoms with Crippen LogP contribution in [0.15, 0.2) is 11.1 Å². The summed E-state index contributed by atoms with van der Waals surface area (Å²) in [4.78, 5) is 10.1. The highest BCUT2D eigenvalue weighted by Crippen LogP contribution is 2.11. The molecule has 44 valence electrons. The maximum Gasteiger partial charge on any atom is 0.352 e. The number of thioether (sulfide) groups is 1. The molecule has 0 spiro atoms. The van der Waals surface area contributed by atoms with Crippen molar-refractivity contribution in [2.75, 3.05) is 5.88 Å². The molecule has 0 fully saturated rings. The van der Waals surface area contributed by atoms with Crippen LogP contribution in [-0.2, 0) is 4.79 Å². The van der Waals surface area contributed by atoms with E-state index in [1.54, 1.807) is 5.41 Å².